The van der Waals surface area contributed by atoms with Crippen molar-refractivity contribution in [2.75, 3.05) is 13.2 Å². The Morgan fingerprint density at radius 3 is 3.00 bits per heavy atom. The molecule has 106 valence electrons. The summed E-state index contributed by atoms with van der Waals surface area (Å²) in [7, 11) is -3.47. The molecule has 2 N–H and O–H groups in total. The molecule has 6 heteroatoms. The second-order valence-electron chi connectivity index (χ2n) is 4.76. The van der Waals surface area contributed by atoms with Crippen LogP contribution in [0.4, 0.5) is 0 Å². The van der Waals surface area contributed by atoms with Crippen molar-refractivity contribution in [1.82, 2.24) is 4.72 Å². The quantitative estimate of drug-likeness (QED) is 0.766. The molecule has 0 aliphatic carbocycles. The van der Waals surface area contributed by atoms with Crippen molar-refractivity contribution in [3.8, 4) is 5.75 Å². The van der Waals surface area contributed by atoms with Gasteiger partial charge in [0, 0.05) is 13.0 Å². The molecule has 0 spiro atoms. The summed E-state index contributed by atoms with van der Waals surface area (Å²) >= 11 is 0. The minimum Gasteiger partial charge on any atom is -0.493 e. The number of sulfonamides is 1. The normalized spacial score (nSPS) is 15.9. The number of hydrogen-bond donors (Lipinski definition) is 2. The minimum absolute atomic E-state index is 0.272. The molecule has 1 unspecified atom stereocenters. The van der Waals surface area contributed by atoms with Crippen molar-refractivity contribution in [1.29, 1.82) is 0 Å². The van der Waals surface area contributed by atoms with Gasteiger partial charge < -0.3 is 9.84 Å². The molecule has 0 fully saturated rings. The van der Waals surface area contributed by atoms with Crippen molar-refractivity contribution in [2.45, 2.75) is 37.2 Å². The van der Waals surface area contributed by atoms with E-state index in [2.05, 4.69) is 4.72 Å². The first-order chi connectivity index (χ1) is 8.99. The van der Waals surface area contributed by atoms with Crippen LogP contribution < -0.4 is 9.46 Å². The molecule has 1 aromatic carbocycles. The van der Waals surface area contributed by atoms with Crippen molar-refractivity contribution < 1.29 is 18.3 Å². The predicted molar refractivity (Wildman–Crippen MR) is 71.7 cm³/mol. The summed E-state index contributed by atoms with van der Waals surface area (Å²) in [5, 5.41) is 9.11. The molecule has 0 saturated heterocycles. The number of nitrogens with one attached hydrogen (secondary N) is 1. The summed E-state index contributed by atoms with van der Waals surface area (Å²) in [6, 6.07) is 4.92. The second-order valence-corrected chi connectivity index (χ2v) is 6.52. The van der Waals surface area contributed by atoms with E-state index < -0.39 is 16.1 Å². The Morgan fingerprint density at radius 1 is 1.47 bits per heavy atom. The molecule has 1 aromatic rings. The van der Waals surface area contributed by atoms with Gasteiger partial charge >= 0.3 is 0 Å². The first-order valence-corrected chi connectivity index (χ1v) is 7.91. The standard InChI is InChI=1S/C13H19NO4S/c1-10(15)3-2-7-14-19(16,17)12-4-5-13-11(9-12)6-8-18-13/h4-5,9-10,14-15H,2-3,6-8H2,1H3. The molecular formula is C13H19NO4S. The van der Waals surface area contributed by atoms with E-state index in [0.717, 1.165) is 17.7 Å². The maximum absolute atomic E-state index is 12.1. The van der Waals surface area contributed by atoms with E-state index >= 15 is 0 Å². The Hall–Kier alpha value is -1.11. The molecule has 0 aromatic heterocycles. The van der Waals surface area contributed by atoms with Crippen LogP contribution in [0, 0.1) is 0 Å². The maximum atomic E-state index is 12.1. The summed E-state index contributed by atoms with van der Waals surface area (Å²) in [4.78, 5) is 0.272. The van der Waals surface area contributed by atoms with Crippen molar-refractivity contribution >= 4 is 10.0 Å². The number of benzene rings is 1. The van der Waals surface area contributed by atoms with Gasteiger partial charge in [0.25, 0.3) is 0 Å². The lowest BCUT2D eigenvalue weighted by molar-refractivity contribution is 0.182. The third kappa shape index (κ3) is 3.68. The number of rotatable bonds is 6. The Kier molecular flexibility index (Phi) is 4.44. The van der Waals surface area contributed by atoms with Crippen LogP contribution in [0.25, 0.3) is 0 Å². The molecule has 0 saturated carbocycles. The Morgan fingerprint density at radius 2 is 2.26 bits per heavy atom. The van der Waals surface area contributed by atoms with E-state index in [9.17, 15) is 8.42 Å². The molecular weight excluding hydrogens is 266 g/mol. The van der Waals surface area contributed by atoms with Crippen LogP contribution >= 0.6 is 0 Å². The Labute approximate surface area is 113 Å². The number of fused-ring (bicyclic) bond motifs is 1. The van der Waals surface area contributed by atoms with E-state index in [-0.39, 0.29) is 4.90 Å². The molecule has 1 aliphatic heterocycles. The molecule has 5 nitrogen and oxygen atoms in total. The molecule has 1 atom stereocenters. The van der Waals surface area contributed by atoms with Crippen molar-refractivity contribution in [2.24, 2.45) is 0 Å². The van der Waals surface area contributed by atoms with Crippen LogP contribution in [0.2, 0.25) is 0 Å². The zero-order valence-corrected chi connectivity index (χ0v) is 11.7. The van der Waals surface area contributed by atoms with Crippen LogP contribution in [0.5, 0.6) is 5.75 Å². The number of ether oxygens (including phenoxy) is 1. The van der Waals surface area contributed by atoms with Gasteiger partial charge in [0.2, 0.25) is 10.0 Å². The average molecular weight is 285 g/mol. The van der Waals surface area contributed by atoms with E-state index in [1.807, 2.05) is 0 Å². The molecule has 0 amide bonds. The smallest absolute Gasteiger partial charge is 0.240 e. The lowest BCUT2D eigenvalue weighted by Crippen LogP contribution is -2.25. The van der Waals surface area contributed by atoms with E-state index in [4.69, 9.17) is 9.84 Å². The van der Waals surface area contributed by atoms with E-state index in [1.165, 1.54) is 0 Å². The van der Waals surface area contributed by atoms with Crippen LogP contribution in [-0.4, -0.2) is 32.8 Å². The number of aliphatic hydroxyl groups excluding tert-OH is 1. The van der Waals surface area contributed by atoms with Gasteiger partial charge in [-0.05, 0) is 43.5 Å². The zero-order valence-electron chi connectivity index (χ0n) is 10.9. The summed E-state index contributed by atoms with van der Waals surface area (Å²) < 4.78 is 32.0. The molecule has 19 heavy (non-hydrogen) atoms. The summed E-state index contributed by atoms with van der Waals surface area (Å²) in [5.41, 5.74) is 0.937. The van der Waals surface area contributed by atoms with E-state index in [1.54, 1.807) is 25.1 Å². The van der Waals surface area contributed by atoms with Crippen molar-refractivity contribution in [3.63, 3.8) is 0 Å². The maximum Gasteiger partial charge on any atom is 0.240 e. The SMILES string of the molecule is CC(O)CCCNS(=O)(=O)c1ccc2c(c1)CCO2. The molecule has 0 radical (unpaired) electrons. The predicted octanol–water partition coefficient (Wildman–Crippen LogP) is 1.06. The van der Waals surface area contributed by atoms with Gasteiger partial charge in [0.15, 0.2) is 0 Å². The van der Waals surface area contributed by atoms with Gasteiger partial charge in [-0.3, -0.25) is 0 Å². The fourth-order valence-electron chi connectivity index (χ4n) is 2.02. The topological polar surface area (TPSA) is 75.6 Å². The van der Waals surface area contributed by atoms with Gasteiger partial charge in [0.05, 0.1) is 17.6 Å². The lowest BCUT2D eigenvalue weighted by atomic mass is 10.2. The minimum atomic E-state index is -3.47. The summed E-state index contributed by atoms with van der Waals surface area (Å²) in [5.74, 6) is 0.771. The van der Waals surface area contributed by atoms with Crippen LogP contribution in [-0.2, 0) is 16.4 Å². The van der Waals surface area contributed by atoms with Gasteiger partial charge in [-0.2, -0.15) is 0 Å². The highest BCUT2D eigenvalue weighted by Gasteiger charge is 2.18. The fourth-order valence-corrected chi connectivity index (χ4v) is 3.14. The van der Waals surface area contributed by atoms with Gasteiger partial charge in [-0.25, -0.2) is 13.1 Å². The Balaban J connectivity index is 1.99. The molecule has 0 bridgehead atoms. The number of hydrogen-bond acceptors (Lipinski definition) is 4. The van der Waals surface area contributed by atoms with Gasteiger partial charge in [-0.15, -0.1) is 0 Å². The van der Waals surface area contributed by atoms with Gasteiger partial charge in [0.1, 0.15) is 5.75 Å². The van der Waals surface area contributed by atoms with Gasteiger partial charge in [-0.1, -0.05) is 0 Å². The van der Waals surface area contributed by atoms with Crippen molar-refractivity contribution in [3.05, 3.63) is 23.8 Å². The van der Waals surface area contributed by atoms with Crippen LogP contribution in [0.3, 0.4) is 0 Å². The molecule has 2 rings (SSSR count). The largest absolute Gasteiger partial charge is 0.493 e. The highest BCUT2D eigenvalue weighted by atomic mass is 32.2. The summed E-state index contributed by atoms with van der Waals surface area (Å²) in [6.07, 6.45) is 1.55. The first-order valence-electron chi connectivity index (χ1n) is 6.42. The second kappa shape index (κ2) is 5.90. The zero-order chi connectivity index (χ0) is 13.9. The monoisotopic (exact) mass is 285 g/mol. The first kappa shape index (κ1) is 14.3. The molecule has 1 aliphatic rings. The average Bonchev–Trinajstić information content (AvgIpc) is 2.81. The highest BCUT2D eigenvalue weighted by Crippen LogP contribution is 2.27. The van der Waals surface area contributed by atoms with Crippen LogP contribution in [0.1, 0.15) is 25.3 Å². The third-order valence-corrected chi connectivity index (χ3v) is 4.52. The fraction of sp³-hybridized carbons (Fsp3) is 0.538. The van der Waals surface area contributed by atoms with E-state index in [0.29, 0.717) is 26.0 Å². The highest BCUT2D eigenvalue weighted by molar-refractivity contribution is 7.89. The Bertz CT molecular complexity index is 540. The third-order valence-electron chi connectivity index (χ3n) is 3.06. The molecule has 1 heterocycles. The number of aliphatic hydroxyl groups is 1. The summed E-state index contributed by atoms with van der Waals surface area (Å²) in [6.45, 7) is 2.64. The van der Waals surface area contributed by atoms with Crippen LogP contribution in [0.15, 0.2) is 23.1 Å². The lowest BCUT2D eigenvalue weighted by Gasteiger charge is -2.08.